The zero-order chi connectivity index (χ0) is 32.6. The largest absolute Gasteiger partial charge is 0.497 e. The lowest BCUT2D eigenvalue weighted by molar-refractivity contribution is 0.415. The van der Waals surface area contributed by atoms with Gasteiger partial charge < -0.3 is 4.74 Å². The third kappa shape index (κ3) is 5.00. The van der Waals surface area contributed by atoms with Gasteiger partial charge in [-0.25, -0.2) is 0 Å². The zero-order valence-corrected chi connectivity index (χ0v) is 30.0. The van der Waals surface area contributed by atoms with Gasteiger partial charge in [-0.1, -0.05) is 90.5 Å². The molecule has 4 heterocycles. The molecule has 10 aromatic rings. The molecule has 49 heavy (non-hydrogen) atoms. The topological polar surface area (TPSA) is 9.23 Å². The summed E-state index contributed by atoms with van der Waals surface area (Å²) in [4.78, 5) is 2.60. The Hall–Kier alpha value is -4.78. The van der Waals surface area contributed by atoms with Crippen molar-refractivity contribution < 1.29 is 4.74 Å². The SMILES string of the molecule is COc1ccc2sc(-c3ccc(-c4ccc5c(c4)sc4c6ccc(-c7ccc(-c8cc9cc(C)ccc9s8)cc7)cc6sc54)cc3)cc2c1. The summed E-state index contributed by atoms with van der Waals surface area (Å²) >= 11 is 7.53. The van der Waals surface area contributed by atoms with E-state index >= 15 is 0 Å². The van der Waals surface area contributed by atoms with Crippen LogP contribution in [-0.2, 0) is 0 Å². The highest BCUT2D eigenvalue weighted by Crippen LogP contribution is 2.46. The zero-order valence-electron chi connectivity index (χ0n) is 26.7. The molecule has 1 nitrogen and oxygen atoms in total. The van der Waals surface area contributed by atoms with Crippen molar-refractivity contribution in [1.29, 1.82) is 0 Å². The predicted octanol–water partition coefficient (Wildman–Crippen LogP) is 14.7. The molecule has 0 saturated heterocycles. The summed E-state index contributed by atoms with van der Waals surface area (Å²) in [5, 5.41) is 5.26. The third-order valence-corrected chi connectivity index (χ3v) is 14.3. The Bertz CT molecular complexity index is 2860. The number of hydrogen-bond donors (Lipinski definition) is 0. The molecule has 0 unspecified atom stereocenters. The average Bonchev–Trinajstić information content (AvgIpc) is 3.92. The number of thiophene rings is 4. The van der Waals surface area contributed by atoms with Gasteiger partial charge in [0.05, 0.1) is 16.5 Å². The van der Waals surface area contributed by atoms with Gasteiger partial charge in [-0.2, -0.15) is 0 Å². The summed E-state index contributed by atoms with van der Waals surface area (Å²) in [7, 11) is 1.72. The molecule has 6 aromatic carbocycles. The molecule has 0 saturated carbocycles. The first-order chi connectivity index (χ1) is 24.1. The number of ether oxygens (including phenoxy) is 1. The molecule has 234 valence electrons. The number of hydrogen-bond acceptors (Lipinski definition) is 5. The Morgan fingerprint density at radius 2 is 0.857 bits per heavy atom. The van der Waals surface area contributed by atoms with Gasteiger partial charge in [0.25, 0.3) is 0 Å². The normalized spacial score (nSPS) is 11.9. The van der Waals surface area contributed by atoms with Crippen LogP contribution in [-0.4, -0.2) is 7.11 Å². The average molecular weight is 701 g/mol. The smallest absolute Gasteiger partial charge is 0.119 e. The van der Waals surface area contributed by atoms with E-state index in [9.17, 15) is 0 Å². The van der Waals surface area contributed by atoms with E-state index in [2.05, 4.69) is 134 Å². The van der Waals surface area contributed by atoms with Gasteiger partial charge in [0.15, 0.2) is 0 Å². The fraction of sp³-hybridized carbons (Fsp3) is 0.0455. The van der Waals surface area contributed by atoms with Crippen LogP contribution in [0.5, 0.6) is 5.75 Å². The van der Waals surface area contributed by atoms with E-state index in [4.69, 9.17) is 4.74 Å². The summed E-state index contributed by atoms with van der Waals surface area (Å²) in [5.41, 5.74) is 8.86. The standard InChI is InChI=1S/C44H28OS4/c1-25-3-17-37-32(19-25)23-39(46-37)28-8-4-26(5-9-28)30-12-15-35-41(21-30)48-44-36-16-13-31(22-42(36)49-43(35)44)27-6-10-29(11-7-27)40-24-33-20-34(45-2)14-18-38(33)47-40/h3-24H,1-2H3. The minimum atomic E-state index is 0.897. The number of aryl methyl sites for hydroxylation is 1. The van der Waals surface area contributed by atoms with E-state index in [1.807, 2.05) is 51.4 Å². The maximum absolute atomic E-state index is 5.42. The van der Waals surface area contributed by atoms with Crippen LogP contribution in [0.25, 0.3) is 92.9 Å². The maximum Gasteiger partial charge on any atom is 0.119 e. The molecular formula is C44H28OS4. The Morgan fingerprint density at radius 1 is 0.388 bits per heavy atom. The van der Waals surface area contributed by atoms with Crippen LogP contribution in [0.2, 0.25) is 0 Å². The van der Waals surface area contributed by atoms with Gasteiger partial charge in [-0.05, 0) is 99.6 Å². The molecule has 0 fully saturated rings. The van der Waals surface area contributed by atoms with Crippen molar-refractivity contribution in [2.75, 3.05) is 7.11 Å². The second kappa shape index (κ2) is 11.4. The van der Waals surface area contributed by atoms with Gasteiger partial charge in [-0.3, -0.25) is 0 Å². The first-order valence-corrected chi connectivity index (χ1v) is 19.5. The molecule has 0 bridgehead atoms. The molecule has 0 spiro atoms. The third-order valence-electron chi connectivity index (χ3n) is 9.48. The first kappa shape index (κ1) is 29.2. The predicted molar refractivity (Wildman–Crippen MR) is 219 cm³/mol. The van der Waals surface area contributed by atoms with E-state index < -0.39 is 0 Å². The molecule has 0 atom stereocenters. The Balaban J connectivity index is 0.930. The molecule has 0 amide bonds. The van der Waals surface area contributed by atoms with E-state index in [1.165, 1.54) is 98.4 Å². The highest BCUT2D eigenvalue weighted by molar-refractivity contribution is 7.36. The Kier molecular flexibility index (Phi) is 6.78. The van der Waals surface area contributed by atoms with Crippen molar-refractivity contribution in [2.24, 2.45) is 0 Å². The molecule has 0 aliphatic heterocycles. The summed E-state index contributed by atoms with van der Waals surface area (Å²) in [6.45, 7) is 2.16. The number of benzene rings is 6. The summed E-state index contributed by atoms with van der Waals surface area (Å²) in [6, 6.07) is 49.6. The van der Waals surface area contributed by atoms with Crippen LogP contribution >= 0.6 is 45.3 Å². The summed E-state index contributed by atoms with van der Waals surface area (Å²) in [6.07, 6.45) is 0. The highest BCUT2D eigenvalue weighted by Gasteiger charge is 2.15. The number of rotatable bonds is 5. The van der Waals surface area contributed by atoms with Crippen molar-refractivity contribution in [3.63, 3.8) is 0 Å². The van der Waals surface area contributed by atoms with Crippen LogP contribution in [0.1, 0.15) is 5.56 Å². The second-order valence-corrected chi connectivity index (χ2v) is 16.9. The fourth-order valence-corrected chi connectivity index (χ4v) is 11.7. The van der Waals surface area contributed by atoms with Crippen LogP contribution in [0.15, 0.2) is 133 Å². The number of fused-ring (bicyclic) bond motifs is 7. The molecule has 0 N–H and O–H groups in total. The fourth-order valence-electron chi connectivity index (χ4n) is 6.86. The molecule has 10 rings (SSSR count). The molecule has 0 aliphatic rings. The lowest BCUT2D eigenvalue weighted by Crippen LogP contribution is -1.79. The minimum absolute atomic E-state index is 0.897. The van der Waals surface area contributed by atoms with Gasteiger partial charge in [0.1, 0.15) is 5.75 Å². The van der Waals surface area contributed by atoms with Gasteiger partial charge in [-0.15, -0.1) is 45.3 Å². The molecule has 5 heteroatoms. The van der Waals surface area contributed by atoms with Crippen LogP contribution < -0.4 is 4.74 Å². The quantitative estimate of drug-likeness (QED) is 0.174. The van der Waals surface area contributed by atoms with E-state index in [1.54, 1.807) is 7.11 Å². The highest BCUT2D eigenvalue weighted by atomic mass is 32.1. The van der Waals surface area contributed by atoms with Crippen LogP contribution in [0, 0.1) is 6.92 Å². The first-order valence-electron chi connectivity index (χ1n) is 16.2. The van der Waals surface area contributed by atoms with Gasteiger partial charge in [0, 0.05) is 39.3 Å². The Morgan fingerprint density at radius 3 is 1.39 bits per heavy atom. The lowest BCUT2D eigenvalue weighted by atomic mass is 10.0. The van der Waals surface area contributed by atoms with E-state index in [0.29, 0.717) is 0 Å². The monoisotopic (exact) mass is 700 g/mol. The second-order valence-electron chi connectivity index (χ2n) is 12.6. The van der Waals surface area contributed by atoms with Gasteiger partial charge in [0.2, 0.25) is 0 Å². The summed E-state index contributed by atoms with van der Waals surface area (Å²) in [5.74, 6) is 0.897. The Labute approximate surface area is 299 Å². The van der Waals surface area contributed by atoms with Crippen LogP contribution in [0.4, 0.5) is 0 Å². The van der Waals surface area contributed by atoms with Crippen molar-refractivity contribution >= 4 is 95.1 Å². The van der Waals surface area contributed by atoms with Crippen molar-refractivity contribution in [3.05, 3.63) is 139 Å². The van der Waals surface area contributed by atoms with Crippen molar-refractivity contribution in [1.82, 2.24) is 0 Å². The molecule has 0 aliphatic carbocycles. The molecular weight excluding hydrogens is 673 g/mol. The van der Waals surface area contributed by atoms with E-state index in [0.717, 1.165) is 5.75 Å². The van der Waals surface area contributed by atoms with Crippen LogP contribution in [0.3, 0.4) is 0 Å². The maximum atomic E-state index is 5.42. The van der Waals surface area contributed by atoms with E-state index in [-0.39, 0.29) is 0 Å². The molecule has 4 aromatic heterocycles. The number of methoxy groups -OCH3 is 1. The van der Waals surface area contributed by atoms with Crippen molar-refractivity contribution in [3.8, 4) is 48.9 Å². The lowest BCUT2D eigenvalue weighted by Gasteiger charge is -2.04. The molecule has 0 radical (unpaired) electrons. The van der Waals surface area contributed by atoms with Gasteiger partial charge >= 0.3 is 0 Å². The van der Waals surface area contributed by atoms with Crippen molar-refractivity contribution in [2.45, 2.75) is 6.92 Å². The summed E-state index contributed by atoms with van der Waals surface area (Å²) < 4.78 is 13.5. The minimum Gasteiger partial charge on any atom is -0.497 e.